The molecule has 0 radical (unpaired) electrons. The van der Waals surface area contributed by atoms with Gasteiger partial charge in [0.05, 0.1) is 11.6 Å². The SMILES string of the molecule is CCCN(C(=O)c1ccc(F)cc1Br)C1CNC1. The third-order valence-corrected chi connectivity index (χ3v) is 3.74. The molecule has 1 heterocycles. The fraction of sp³-hybridized carbons (Fsp3) is 0.462. The van der Waals surface area contributed by atoms with E-state index in [2.05, 4.69) is 21.2 Å². The maximum atomic E-state index is 13.0. The van der Waals surface area contributed by atoms with Crippen LogP contribution in [0, 0.1) is 5.82 Å². The summed E-state index contributed by atoms with van der Waals surface area (Å²) < 4.78 is 13.5. The number of carbonyl (C=O) groups is 1. The van der Waals surface area contributed by atoms with Crippen molar-refractivity contribution in [3.05, 3.63) is 34.1 Å². The van der Waals surface area contributed by atoms with Crippen LogP contribution in [-0.4, -0.2) is 36.5 Å². The second-order valence-corrected chi connectivity index (χ2v) is 5.29. The molecule has 0 bridgehead atoms. The number of nitrogens with zero attached hydrogens (tertiary/aromatic N) is 1. The minimum Gasteiger partial charge on any atom is -0.333 e. The second kappa shape index (κ2) is 5.80. The molecule has 1 aliphatic rings. The standard InChI is InChI=1S/C13H16BrFN2O/c1-2-5-17(10-7-16-8-10)13(18)11-4-3-9(15)6-12(11)14/h3-4,6,10,16H,2,5,7-8H2,1H3. The summed E-state index contributed by atoms with van der Waals surface area (Å²) in [4.78, 5) is 14.3. The minimum atomic E-state index is -0.342. The molecule has 5 heteroatoms. The Bertz CT molecular complexity index is 449. The maximum absolute atomic E-state index is 13.0. The van der Waals surface area contributed by atoms with Gasteiger partial charge in [0.2, 0.25) is 0 Å². The lowest BCUT2D eigenvalue weighted by Crippen LogP contribution is -2.59. The fourth-order valence-corrected chi connectivity index (χ4v) is 2.52. The third-order valence-electron chi connectivity index (χ3n) is 3.09. The highest BCUT2D eigenvalue weighted by Gasteiger charge is 2.29. The van der Waals surface area contributed by atoms with Crippen molar-refractivity contribution in [2.45, 2.75) is 19.4 Å². The van der Waals surface area contributed by atoms with Gasteiger partial charge in [-0.05, 0) is 40.5 Å². The van der Waals surface area contributed by atoms with Crippen molar-refractivity contribution < 1.29 is 9.18 Å². The van der Waals surface area contributed by atoms with E-state index in [4.69, 9.17) is 0 Å². The van der Waals surface area contributed by atoms with Crippen LogP contribution in [-0.2, 0) is 0 Å². The average Bonchev–Trinajstić information content (AvgIpc) is 2.25. The Morgan fingerprint density at radius 2 is 2.28 bits per heavy atom. The summed E-state index contributed by atoms with van der Waals surface area (Å²) in [6.45, 7) is 4.45. The summed E-state index contributed by atoms with van der Waals surface area (Å²) in [7, 11) is 0. The first-order valence-electron chi connectivity index (χ1n) is 6.10. The largest absolute Gasteiger partial charge is 0.333 e. The van der Waals surface area contributed by atoms with Crippen LogP contribution in [0.2, 0.25) is 0 Å². The highest BCUT2D eigenvalue weighted by atomic mass is 79.9. The van der Waals surface area contributed by atoms with Gasteiger partial charge in [-0.25, -0.2) is 4.39 Å². The Morgan fingerprint density at radius 1 is 1.56 bits per heavy atom. The molecule has 1 aromatic rings. The van der Waals surface area contributed by atoms with Crippen LogP contribution in [0.5, 0.6) is 0 Å². The van der Waals surface area contributed by atoms with E-state index >= 15 is 0 Å². The summed E-state index contributed by atoms with van der Waals surface area (Å²) >= 11 is 3.25. The van der Waals surface area contributed by atoms with Crippen LogP contribution in [0.4, 0.5) is 4.39 Å². The molecule has 98 valence electrons. The molecule has 0 unspecified atom stereocenters. The smallest absolute Gasteiger partial charge is 0.255 e. The Labute approximate surface area is 114 Å². The van der Waals surface area contributed by atoms with Crippen molar-refractivity contribution in [1.82, 2.24) is 10.2 Å². The Balaban J connectivity index is 2.21. The van der Waals surface area contributed by atoms with Gasteiger partial charge in [-0.15, -0.1) is 0 Å². The van der Waals surface area contributed by atoms with Crippen LogP contribution in [0.15, 0.2) is 22.7 Å². The number of carbonyl (C=O) groups excluding carboxylic acids is 1. The Hall–Kier alpha value is -0.940. The van der Waals surface area contributed by atoms with Gasteiger partial charge >= 0.3 is 0 Å². The highest BCUT2D eigenvalue weighted by Crippen LogP contribution is 2.21. The number of hydrogen-bond acceptors (Lipinski definition) is 2. The van der Waals surface area contributed by atoms with Crippen molar-refractivity contribution in [1.29, 1.82) is 0 Å². The van der Waals surface area contributed by atoms with Crippen molar-refractivity contribution in [2.75, 3.05) is 19.6 Å². The van der Waals surface area contributed by atoms with Crippen molar-refractivity contribution in [3.63, 3.8) is 0 Å². The first kappa shape index (κ1) is 13.5. The van der Waals surface area contributed by atoms with Gasteiger partial charge in [-0.2, -0.15) is 0 Å². The van der Waals surface area contributed by atoms with E-state index in [1.807, 2.05) is 11.8 Å². The molecule has 18 heavy (non-hydrogen) atoms. The molecular weight excluding hydrogens is 299 g/mol. The zero-order valence-electron chi connectivity index (χ0n) is 10.2. The summed E-state index contributed by atoms with van der Waals surface area (Å²) in [6.07, 6.45) is 0.918. The monoisotopic (exact) mass is 314 g/mol. The molecule has 0 saturated carbocycles. The topological polar surface area (TPSA) is 32.3 Å². The molecule has 3 nitrogen and oxygen atoms in total. The summed E-state index contributed by atoms with van der Waals surface area (Å²) in [5, 5.41) is 3.16. The number of benzene rings is 1. The first-order valence-corrected chi connectivity index (χ1v) is 6.89. The Morgan fingerprint density at radius 3 is 2.78 bits per heavy atom. The zero-order valence-corrected chi connectivity index (χ0v) is 11.8. The van der Waals surface area contributed by atoms with Crippen LogP contribution in [0.1, 0.15) is 23.7 Å². The number of hydrogen-bond donors (Lipinski definition) is 1. The van der Waals surface area contributed by atoms with E-state index in [-0.39, 0.29) is 17.8 Å². The lowest BCUT2D eigenvalue weighted by Gasteiger charge is -2.38. The van der Waals surface area contributed by atoms with Crippen molar-refractivity contribution in [2.24, 2.45) is 0 Å². The molecule has 1 aliphatic heterocycles. The molecule has 1 saturated heterocycles. The van der Waals surface area contributed by atoms with E-state index in [9.17, 15) is 9.18 Å². The van der Waals surface area contributed by atoms with E-state index < -0.39 is 0 Å². The average molecular weight is 315 g/mol. The van der Waals surface area contributed by atoms with Crippen molar-refractivity contribution in [3.8, 4) is 0 Å². The number of amides is 1. The van der Waals surface area contributed by atoms with E-state index in [1.165, 1.54) is 18.2 Å². The predicted molar refractivity (Wildman–Crippen MR) is 72.1 cm³/mol. The number of halogens is 2. The molecule has 0 atom stereocenters. The zero-order chi connectivity index (χ0) is 13.1. The highest BCUT2D eigenvalue weighted by molar-refractivity contribution is 9.10. The van der Waals surface area contributed by atoms with Gasteiger partial charge < -0.3 is 10.2 Å². The molecule has 1 N–H and O–H groups in total. The van der Waals surface area contributed by atoms with Gasteiger partial charge in [0.15, 0.2) is 0 Å². The summed E-state index contributed by atoms with van der Waals surface area (Å²) in [5.74, 6) is -0.374. The lowest BCUT2D eigenvalue weighted by molar-refractivity contribution is 0.0615. The molecule has 0 aromatic heterocycles. The fourth-order valence-electron chi connectivity index (χ4n) is 2.00. The minimum absolute atomic E-state index is 0.0322. The number of nitrogens with one attached hydrogen (secondary N) is 1. The van der Waals surface area contributed by atoms with Gasteiger partial charge in [-0.3, -0.25) is 4.79 Å². The summed E-state index contributed by atoms with van der Waals surface area (Å²) in [6, 6.07) is 4.45. The number of rotatable bonds is 4. The summed E-state index contributed by atoms with van der Waals surface area (Å²) in [5.41, 5.74) is 0.525. The van der Waals surface area contributed by atoms with Gasteiger partial charge in [0.1, 0.15) is 5.82 Å². The second-order valence-electron chi connectivity index (χ2n) is 4.43. The van der Waals surface area contributed by atoms with Gasteiger partial charge in [0.25, 0.3) is 5.91 Å². The quantitative estimate of drug-likeness (QED) is 0.925. The van der Waals surface area contributed by atoms with Crippen molar-refractivity contribution >= 4 is 21.8 Å². The third kappa shape index (κ3) is 2.72. The molecular formula is C13H16BrFN2O. The van der Waals surface area contributed by atoms with Crippen LogP contribution in [0.3, 0.4) is 0 Å². The molecule has 2 rings (SSSR count). The molecule has 1 amide bonds. The van der Waals surface area contributed by atoms with Crippen LogP contribution < -0.4 is 5.32 Å². The van der Waals surface area contributed by atoms with Crippen LogP contribution >= 0.6 is 15.9 Å². The lowest BCUT2D eigenvalue weighted by atomic mass is 10.1. The van der Waals surface area contributed by atoms with Gasteiger partial charge in [-0.1, -0.05) is 6.92 Å². The normalized spacial score (nSPS) is 15.3. The first-order chi connectivity index (χ1) is 8.63. The predicted octanol–water partition coefficient (Wildman–Crippen LogP) is 2.41. The van der Waals surface area contributed by atoms with E-state index in [1.54, 1.807) is 0 Å². The molecule has 1 aromatic carbocycles. The molecule has 0 aliphatic carbocycles. The van der Waals surface area contributed by atoms with E-state index in [0.29, 0.717) is 10.0 Å². The Kier molecular flexibility index (Phi) is 4.35. The molecule has 0 spiro atoms. The van der Waals surface area contributed by atoms with E-state index in [0.717, 1.165) is 26.1 Å². The molecule has 1 fully saturated rings. The maximum Gasteiger partial charge on any atom is 0.255 e. The van der Waals surface area contributed by atoms with Crippen LogP contribution in [0.25, 0.3) is 0 Å². The van der Waals surface area contributed by atoms with Gasteiger partial charge in [0, 0.05) is 24.1 Å².